The molecular weight excluding hydrogens is 473 g/mol. The zero-order valence-electron chi connectivity index (χ0n) is 20.3. The van der Waals surface area contributed by atoms with E-state index in [9.17, 15) is 24.3 Å². The first kappa shape index (κ1) is 25.8. The third-order valence-corrected chi connectivity index (χ3v) is 6.39. The lowest BCUT2D eigenvalue weighted by atomic mass is 10.0. The number of carbonyl (C=O) groups excluding carboxylic acids is 2. The number of benzene rings is 2. The number of aliphatic hydroxyl groups excluding tert-OH is 1. The predicted molar refractivity (Wildman–Crippen MR) is 137 cm³/mol. The summed E-state index contributed by atoms with van der Waals surface area (Å²) in [4.78, 5) is 31.4. The molecule has 0 radical (unpaired) electrons. The number of nitrogens with one attached hydrogen (secondary N) is 2. The molecule has 1 fully saturated rings. The Kier molecular flexibility index (Phi) is 8.44. The molecule has 9 heteroatoms. The molecule has 0 saturated carbocycles. The minimum atomic E-state index is -0.556. The van der Waals surface area contributed by atoms with Gasteiger partial charge in [-0.15, -0.1) is 0 Å². The van der Waals surface area contributed by atoms with Gasteiger partial charge in [-0.2, -0.15) is 5.26 Å². The average Bonchev–Trinajstić information content (AvgIpc) is 3.40. The normalized spacial score (nSPS) is 14.7. The highest BCUT2D eigenvalue weighted by atomic mass is 19.1. The predicted octanol–water partition coefficient (Wildman–Crippen LogP) is 3.13. The fourth-order valence-corrected chi connectivity index (χ4v) is 4.52. The SMILES string of the molecule is N#Cc1ccccc1-c1ccc(C(=O)NC[C@H]2CCCN2C(=O)CO)c(NCCc2cccc(F)c2)n1. The molecule has 1 aliphatic heterocycles. The zero-order chi connectivity index (χ0) is 26.2. The molecule has 2 aromatic carbocycles. The molecule has 0 bridgehead atoms. The van der Waals surface area contributed by atoms with E-state index in [1.807, 2.05) is 12.1 Å². The van der Waals surface area contributed by atoms with Crippen molar-refractivity contribution in [1.29, 1.82) is 5.26 Å². The summed E-state index contributed by atoms with van der Waals surface area (Å²) in [7, 11) is 0. The summed E-state index contributed by atoms with van der Waals surface area (Å²) >= 11 is 0. The lowest BCUT2D eigenvalue weighted by molar-refractivity contribution is -0.134. The number of aromatic nitrogens is 1. The molecule has 3 aromatic rings. The monoisotopic (exact) mass is 501 g/mol. The lowest BCUT2D eigenvalue weighted by Gasteiger charge is -2.24. The molecule has 0 spiro atoms. The van der Waals surface area contributed by atoms with E-state index in [0.717, 1.165) is 18.4 Å². The highest BCUT2D eigenvalue weighted by molar-refractivity contribution is 5.99. The first-order valence-electron chi connectivity index (χ1n) is 12.2. The van der Waals surface area contributed by atoms with Crippen LogP contribution in [-0.2, 0) is 11.2 Å². The first-order valence-corrected chi connectivity index (χ1v) is 12.2. The van der Waals surface area contributed by atoms with Gasteiger partial charge in [0.05, 0.1) is 22.9 Å². The maximum atomic E-state index is 13.6. The summed E-state index contributed by atoms with van der Waals surface area (Å²) in [6.07, 6.45) is 2.07. The summed E-state index contributed by atoms with van der Waals surface area (Å²) in [6, 6.07) is 18.7. The second-order valence-electron chi connectivity index (χ2n) is 8.81. The molecule has 37 heavy (non-hydrogen) atoms. The van der Waals surface area contributed by atoms with Gasteiger partial charge in [-0.05, 0) is 55.2 Å². The molecule has 1 saturated heterocycles. The van der Waals surface area contributed by atoms with E-state index in [2.05, 4.69) is 21.7 Å². The van der Waals surface area contributed by atoms with Crippen molar-refractivity contribution >= 4 is 17.6 Å². The van der Waals surface area contributed by atoms with E-state index >= 15 is 0 Å². The van der Waals surface area contributed by atoms with Gasteiger partial charge in [0.2, 0.25) is 5.91 Å². The lowest BCUT2D eigenvalue weighted by Crippen LogP contribution is -2.44. The summed E-state index contributed by atoms with van der Waals surface area (Å²) in [5.74, 6) is -0.678. The molecule has 3 N–H and O–H groups in total. The molecular formula is C28H28FN5O3. The van der Waals surface area contributed by atoms with Crippen LogP contribution in [0, 0.1) is 17.1 Å². The highest BCUT2D eigenvalue weighted by Gasteiger charge is 2.28. The van der Waals surface area contributed by atoms with Crippen LogP contribution in [0.1, 0.15) is 34.3 Å². The number of rotatable bonds is 9. The third-order valence-electron chi connectivity index (χ3n) is 6.39. The van der Waals surface area contributed by atoms with Gasteiger partial charge in [0.1, 0.15) is 18.2 Å². The number of nitrogens with zero attached hydrogens (tertiary/aromatic N) is 3. The maximum Gasteiger partial charge on any atom is 0.255 e. The van der Waals surface area contributed by atoms with Crippen molar-refractivity contribution in [3.63, 3.8) is 0 Å². The number of halogens is 1. The van der Waals surface area contributed by atoms with Crippen molar-refractivity contribution in [3.05, 3.63) is 83.2 Å². The van der Waals surface area contributed by atoms with Crippen LogP contribution in [0.3, 0.4) is 0 Å². The number of anilines is 1. The fourth-order valence-electron chi connectivity index (χ4n) is 4.52. The van der Waals surface area contributed by atoms with Gasteiger partial charge in [0, 0.05) is 31.2 Å². The molecule has 2 amide bonds. The van der Waals surface area contributed by atoms with E-state index < -0.39 is 6.61 Å². The summed E-state index contributed by atoms with van der Waals surface area (Å²) < 4.78 is 13.6. The Morgan fingerprint density at radius 1 is 1.16 bits per heavy atom. The average molecular weight is 502 g/mol. The topological polar surface area (TPSA) is 118 Å². The minimum Gasteiger partial charge on any atom is -0.387 e. The molecule has 1 aromatic heterocycles. The van der Waals surface area contributed by atoms with Gasteiger partial charge in [0.15, 0.2) is 0 Å². The highest BCUT2D eigenvalue weighted by Crippen LogP contribution is 2.25. The Morgan fingerprint density at radius 3 is 2.78 bits per heavy atom. The molecule has 190 valence electrons. The standard InChI is InChI=1S/C28H28FN5O3/c29-21-7-3-5-19(15-21)12-13-31-27-24(10-11-25(33-27)23-9-2-1-6-20(23)16-30)28(37)32-17-22-8-4-14-34(22)26(36)18-35/h1-3,5-7,9-11,15,22,35H,4,8,12-14,17-18H2,(H,31,33)(H,32,37)/t22-/m1/s1. The van der Waals surface area contributed by atoms with Crippen molar-refractivity contribution in [2.75, 3.05) is 31.6 Å². The largest absolute Gasteiger partial charge is 0.387 e. The van der Waals surface area contributed by atoms with Crippen molar-refractivity contribution in [3.8, 4) is 17.3 Å². The molecule has 1 atom stereocenters. The van der Waals surface area contributed by atoms with E-state index in [1.165, 1.54) is 12.1 Å². The first-order chi connectivity index (χ1) is 18.0. The third kappa shape index (κ3) is 6.29. The van der Waals surface area contributed by atoms with Crippen molar-refractivity contribution in [1.82, 2.24) is 15.2 Å². The van der Waals surface area contributed by atoms with Crippen LogP contribution >= 0.6 is 0 Å². The van der Waals surface area contributed by atoms with Crippen LogP contribution < -0.4 is 10.6 Å². The number of carbonyl (C=O) groups is 2. The molecule has 1 aliphatic rings. The van der Waals surface area contributed by atoms with Crippen LogP contribution in [0.25, 0.3) is 11.3 Å². The van der Waals surface area contributed by atoms with Crippen LogP contribution in [0.5, 0.6) is 0 Å². The molecule has 0 unspecified atom stereocenters. The number of hydrogen-bond acceptors (Lipinski definition) is 6. The van der Waals surface area contributed by atoms with Gasteiger partial charge in [0.25, 0.3) is 5.91 Å². The van der Waals surface area contributed by atoms with Crippen molar-refractivity contribution in [2.24, 2.45) is 0 Å². The Labute approximate surface area is 214 Å². The second kappa shape index (κ2) is 12.1. The molecule has 2 heterocycles. The number of hydrogen-bond donors (Lipinski definition) is 3. The minimum absolute atomic E-state index is 0.178. The quantitative estimate of drug-likeness (QED) is 0.415. The Morgan fingerprint density at radius 2 is 2.00 bits per heavy atom. The molecule has 0 aliphatic carbocycles. The van der Waals surface area contributed by atoms with Crippen LogP contribution in [0.4, 0.5) is 10.2 Å². The van der Waals surface area contributed by atoms with E-state index in [0.29, 0.717) is 47.7 Å². The van der Waals surface area contributed by atoms with Crippen molar-refractivity contribution in [2.45, 2.75) is 25.3 Å². The van der Waals surface area contributed by atoms with Crippen molar-refractivity contribution < 1.29 is 19.1 Å². The van der Waals surface area contributed by atoms with Crippen LogP contribution in [0.15, 0.2) is 60.7 Å². The summed E-state index contributed by atoms with van der Waals surface area (Å²) in [6.45, 7) is 0.661. The van der Waals surface area contributed by atoms with Crippen LogP contribution in [0.2, 0.25) is 0 Å². The van der Waals surface area contributed by atoms with Crippen LogP contribution in [-0.4, -0.2) is 59.1 Å². The van der Waals surface area contributed by atoms with Gasteiger partial charge < -0.3 is 20.6 Å². The second-order valence-corrected chi connectivity index (χ2v) is 8.81. The number of amides is 2. The van der Waals surface area contributed by atoms with Gasteiger partial charge in [-0.1, -0.05) is 30.3 Å². The Balaban J connectivity index is 1.54. The number of pyridine rings is 1. The van der Waals surface area contributed by atoms with Gasteiger partial charge in [-0.25, -0.2) is 9.37 Å². The smallest absolute Gasteiger partial charge is 0.255 e. The summed E-state index contributed by atoms with van der Waals surface area (Å²) in [5, 5.41) is 24.8. The Hall–Kier alpha value is -4.29. The van der Waals surface area contributed by atoms with E-state index in [-0.39, 0.29) is 30.2 Å². The van der Waals surface area contributed by atoms with Gasteiger partial charge in [-0.3, -0.25) is 9.59 Å². The zero-order valence-corrected chi connectivity index (χ0v) is 20.3. The fraction of sp³-hybridized carbons (Fsp3) is 0.286. The van der Waals surface area contributed by atoms with E-state index in [1.54, 1.807) is 41.3 Å². The number of aliphatic hydroxyl groups is 1. The Bertz CT molecular complexity index is 1320. The number of nitriles is 1. The number of likely N-dealkylation sites (tertiary alicyclic amines) is 1. The maximum absolute atomic E-state index is 13.6. The van der Waals surface area contributed by atoms with Gasteiger partial charge >= 0.3 is 0 Å². The molecule has 4 rings (SSSR count). The van der Waals surface area contributed by atoms with E-state index in [4.69, 9.17) is 0 Å². The molecule has 8 nitrogen and oxygen atoms in total. The summed E-state index contributed by atoms with van der Waals surface area (Å²) in [5.41, 5.74) is 2.77.